The van der Waals surface area contributed by atoms with Crippen LogP contribution in [0.3, 0.4) is 0 Å². The predicted octanol–water partition coefficient (Wildman–Crippen LogP) is 1.86. The minimum Gasteiger partial charge on any atom is -0.364 e. The van der Waals surface area contributed by atoms with Crippen LogP contribution < -0.4 is 4.90 Å². The maximum Gasteiger partial charge on any atom is 0.242 e. The summed E-state index contributed by atoms with van der Waals surface area (Å²) in [5.41, 5.74) is 1.38. The van der Waals surface area contributed by atoms with Crippen molar-refractivity contribution in [3.63, 3.8) is 0 Å². The first-order valence-corrected chi connectivity index (χ1v) is 6.12. The van der Waals surface area contributed by atoms with Gasteiger partial charge in [-0.1, -0.05) is 12.1 Å². The molecule has 0 radical (unpaired) electrons. The zero-order chi connectivity index (χ0) is 13.5. The van der Waals surface area contributed by atoms with Gasteiger partial charge in [0.15, 0.2) is 0 Å². The van der Waals surface area contributed by atoms with Crippen LogP contribution in [0, 0.1) is 11.3 Å². The number of para-hydroxylation sites is 1. The number of benzene rings is 1. The molecular formula is C14H19N3O. The van der Waals surface area contributed by atoms with E-state index < -0.39 is 0 Å². The first-order valence-electron chi connectivity index (χ1n) is 6.12. The van der Waals surface area contributed by atoms with Crippen LogP contribution in [0.15, 0.2) is 24.3 Å². The molecule has 0 aromatic heterocycles. The molecule has 0 aliphatic rings. The number of hydrogen-bond donors (Lipinski definition) is 0. The van der Waals surface area contributed by atoms with Crippen molar-refractivity contribution >= 4 is 11.6 Å². The van der Waals surface area contributed by atoms with Crippen molar-refractivity contribution in [3.05, 3.63) is 29.8 Å². The fourth-order valence-corrected chi connectivity index (χ4v) is 1.87. The average molecular weight is 245 g/mol. The van der Waals surface area contributed by atoms with Gasteiger partial charge in [0.1, 0.15) is 6.07 Å². The highest BCUT2D eigenvalue weighted by Crippen LogP contribution is 2.17. The van der Waals surface area contributed by atoms with Gasteiger partial charge < -0.3 is 9.80 Å². The van der Waals surface area contributed by atoms with Crippen molar-refractivity contribution in [3.8, 4) is 6.07 Å². The Labute approximate surface area is 108 Å². The summed E-state index contributed by atoms with van der Waals surface area (Å²) in [5, 5.41) is 9.03. The fraction of sp³-hybridized carbons (Fsp3) is 0.429. The number of carbonyl (C=O) groups excluding carboxylic acids is 1. The van der Waals surface area contributed by atoms with E-state index in [1.165, 1.54) is 0 Å². The lowest BCUT2D eigenvalue weighted by molar-refractivity contribution is -0.129. The minimum absolute atomic E-state index is 0.0789. The molecule has 0 aliphatic heterocycles. The molecule has 4 heteroatoms. The molecule has 0 saturated carbocycles. The smallest absolute Gasteiger partial charge is 0.242 e. The van der Waals surface area contributed by atoms with Gasteiger partial charge in [0.05, 0.1) is 17.8 Å². The minimum atomic E-state index is 0.0789. The molecule has 0 unspecified atom stereocenters. The van der Waals surface area contributed by atoms with Gasteiger partial charge in [0, 0.05) is 20.1 Å². The molecule has 0 saturated heterocycles. The maximum atomic E-state index is 12.0. The van der Waals surface area contributed by atoms with E-state index in [4.69, 9.17) is 5.26 Å². The van der Waals surface area contributed by atoms with Crippen LogP contribution in [-0.4, -0.2) is 37.5 Å². The summed E-state index contributed by atoms with van der Waals surface area (Å²) < 4.78 is 0. The van der Waals surface area contributed by atoms with Gasteiger partial charge in [-0.15, -0.1) is 0 Å². The lowest BCUT2D eigenvalue weighted by atomic mass is 10.2. The molecule has 1 rings (SSSR count). The SMILES string of the molecule is CCN(CC)C(=O)CN(C)c1ccccc1C#N. The summed E-state index contributed by atoms with van der Waals surface area (Å²) in [6, 6.07) is 9.44. The van der Waals surface area contributed by atoms with E-state index in [9.17, 15) is 4.79 Å². The summed E-state index contributed by atoms with van der Waals surface area (Å²) >= 11 is 0. The number of amides is 1. The first-order chi connectivity index (χ1) is 8.63. The van der Waals surface area contributed by atoms with Crippen LogP contribution in [0.4, 0.5) is 5.69 Å². The van der Waals surface area contributed by atoms with Gasteiger partial charge in [-0.3, -0.25) is 4.79 Å². The molecule has 0 fully saturated rings. The predicted molar refractivity (Wildman–Crippen MR) is 72.4 cm³/mol. The Bertz CT molecular complexity index is 447. The third-order valence-corrected chi connectivity index (χ3v) is 2.92. The number of likely N-dealkylation sites (N-methyl/N-ethyl adjacent to an activating group) is 2. The number of rotatable bonds is 5. The molecule has 1 amide bonds. The van der Waals surface area contributed by atoms with Crippen molar-refractivity contribution in [2.45, 2.75) is 13.8 Å². The quantitative estimate of drug-likeness (QED) is 0.795. The highest BCUT2D eigenvalue weighted by Gasteiger charge is 2.14. The van der Waals surface area contributed by atoms with E-state index in [0.29, 0.717) is 25.2 Å². The van der Waals surface area contributed by atoms with Crippen molar-refractivity contribution in [2.24, 2.45) is 0 Å². The van der Waals surface area contributed by atoms with Gasteiger partial charge in [0.2, 0.25) is 5.91 Å². The number of nitriles is 1. The average Bonchev–Trinajstić information content (AvgIpc) is 2.40. The van der Waals surface area contributed by atoms with E-state index >= 15 is 0 Å². The highest BCUT2D eigenvalue weighted by molar-refractivity contribution is 5.82. The number of carbonyl (C=O) groups is 1. The molecule has 0 N–H and O–H groups in total. The largest absolute Gasteiger partial charge is 0.364 e. The van der Waals surface area contributed by atoms with E-state index in [1.807, 2.05) is 44.0 Å². The van der Waals surface area contributed by atoms with Gasteiger partial charge in [-0.05, 0) is 26.0 Å². The Hall–Kier alpha value is -2.02. The van der Waals surface area contributed by atoms with Crippen LogP contribution in [0.5, 0.6) is 0 Å². The second-order valence-electron chi connectivity index (χ2n) is 4.05. The van der Waals surface area contributed by atoms with E-state index in [2.05, 4.69) is 6.07 Å². The Kier molecular flexibility index (Phi) is 5.19. The van der Waals surface area contributed by atoms with Crippen molar-refractivity contribution in [2.75, 3.05) is 31.6 Å². The Morgan fingerprint density at radius 3 is 2.44 bits per heavy atom. The summed E-state index contributed by atoms with van der Waals surface area (Å²) in [6.07, 6.45) is 0. The van der Waals surface area contributed by atoms with Crippen LogP contribution >= 0.6 is 0 Å². The van der Waals surface area contributed by atoms with E-state index in [-0.39, 0.29) is 5.91 Å². The third kappa shape index (κ3) is 3.24. The fourth-order valence-electron chi connectivity index (χ4n) is 1.87. The second-order valence-corrected chi connectivity index (χ2v) is 4.05. The highest BCUT2D eigenvalue weighted by atomic mass is 16.2. The molecule has 4 nitrogen and oxygen atoms in total. The van der Waals surface area contributed by atoms with Crippen molar-refractivity contribution < 1.29 is 4.79 Å². The topological polar surface area (TPSA) is 47.3 Å². The van der Waals surface area contributed by atoms with E-state index in [0.717, 1.165) is 5.69 Å². The molecule has 0 spiro atoms. The van der Waals surface area contributed by atoms with E-state index in [1.54, 1.807) is 11.0 Å². The van der Waals surface area contributed by atoms with Crippen molar-refractivity contribution in [1.82, 2.24) is 4.90 Å². The Morgan fingerprint density at radius 2 is 1.89 bits per heavy atom. The monoisotopic (exact) mass is 245 g/mol. The molecular weight excluding hydrogens is 226 g/mol. The van der Waals surface area contributed by atoms with Crippen LogP contribution in [0.1, 0.15) is 19.4 Å². The molecule has 1 aromatic rings. The Morgan fingerprint density at radius 1 is 1.28 bits per heavy atom. The van der Waals surface area contributed by atoms with Crippen LogP contribution in [0.25, 0.3) is 0 Å². The molecule has 0 atom stereocenters. The molecule has 0 bridgehead atoms. The third-order valence-electron chi connectivity index (χ3n) is 2.92. The molecule has 96 valence electrons. The van der Waals surface area contributed by atoms with Crippen LogP contribution in [0.2, 0.25) is 0 Å². The standard InChI is InChI=1S/C14H19N3O/c1-4-17(5-2)14(18)11-16(3)13-9-7-6-8-12(13)10-15/h6-9H,4-5,11H2,1-3H3. The lowest BCUT2D eigenvalue weighted by Gasteiger charge is -2.24. The van der Waals surface area contributed by atoms with Gasteiger partial charge in [-0.25, -0.2) is 0 Å². The molecule has 1 aromatic carbocycles. The lowest BCUT2D eigenvalue weighted by Crippen LogP contribution is -2.39. The summed E-state index contributed by atoms with van der Waals surface area (Å²) in [7, 11) is 1.83. The van der Waals surface area contributed by atoms with Gasteiger partial charge >= 0.3 is 0 Å². The van der Waals surface area contributed by atoms with Crippen molar-refractivity contribution in [1.29, 1.82) is 5.26 Å². The summed E-state index contributed by atoms with van der Waals surface area (Å²) in [6.45, 7) is 5.64. The molecule has 0 heterocycles. The normalized spacial score (nSPS) is 9.67. The number of hydrogen-bond acceptors (Lipinski definition) is 3. The molecule has 18 heavy (non-hydrogen) atoms. The second kappa shape index (κ2) is 6.65. The Balaban J connectivity index is 2.80. The first kappa shape index (κ1) is 14.0. The number of nitrogens with zero attached hydrogens (tertiary/aromatic N) is 3. The van der Waals surface area contributed by atoms with Gasteiger partial charge in [-0.2, -0.15) is 5.26 Å². The zero-order valence-corrected chi connectivity index (χ0v) is 11.2. The summed E-state index contributed by atoms with van der Waals surface area (Å²) in [4.78, 5) is 15.6. The number of anilines is 1. The summed E-state index contributed by atoms with van der Waals surface area (Å²) in [5.74, 6) is 0.0789. The zero-order valence-electron chi connectivity index (χ0n) is 11.2. The maximum absolute atomic E-state index is 12.0. The van der Waals surface area contributed by atoms with Crippen LogP contribution in [-0.2, 0) is 4.79 Å². The molecule has 0 aliphatic carbocycles. The van der Waals surface area contributed by atoms with Gasteiger partial charge in [0.25, 0.3) is 0 Å².